The normalized spacial score (nSPS) is 10.1. The van der Waals surface area contributed by atoms with Gasteiger partial charge in [-0.05, 0) is 38.1 Å². The lowest BCUT2D eigenvalue weighted by Crippen LogP contribution is -2.09. The summed E-state index contributed by atoms with van der Waals surface area (Å²) in [6.07, 6.45) is 2.01. The predicted molar refractivity (Wildman–Crippen MR) is 68.3 cm³/mol. The highest BCUT2D eigenvalue weighted by Gasteiger charge is 2.14. The van der Waals surface area contributed by atoms with Gasteiger partial charge in [-0.25, -0.2) is 0 Å². The zero-order valence-corrected chi connectivity index (χ0v) is 11.0. The minimum atomic E-state index is 0.664. The molecule has 0 bridgehead atoms. The first-order valence-electron chi connectivity index (χ1n) is 5.70. The lowest BCUT2D eigenvalue weighted by atomic mass is 10.1. The number of rotatable bonds is 7. The first-order chi connectivity index (χ1) is 8.28. The lowest BCUT2D eigenvalue weighted by molar-refractivity contribution is 0.322. The number of benzene rings is 1. The van der Waals surface area contributed by atoms with Gasteiger partial charge in [0.2, 0.25) is 5.75 Å². The molecule has 0 aliphatic carbocycles. The smallest absolute Gasteiger partial charge is 0.203 e. The molecule has 96 valence electrons. The van der Waals surface area contributed by atoms with Gasteiger partial charge >= 0.3 is 0 Å². The standard InChI is InChI=1S/C13H21NO3/c1-14-9-5-6-10-7-8-11(15-2)13(17-4)12(10)16-3/h7-8,14H,5-6,9H2,1-4H3. The topological polar surface area (TPSA) is 39.7 Å². The fourth-order valence-electron chi connectivity index (χ4n) is 1.82. The second-order valence-corrected chi connectivity index (χ2v) is 3.70. The molecular formula is C13H21NO3. The quantitative estimate of drug-likeness (QED) is 0.737. The van der Waals surface area contributed by atoms with Crippen molar-refractivity contribution in [1.29, 1.82) is 0 Å². The summed E-state index contributed by atoms with van der Waals surface area (Å²) in [4.78, 5) is 0. The summed E-state index contributed by atoms with van der Waals surface area (Å²) in [7, 11) is 6.85. The Morgan fingerprint density at radius 3 is 2.24 bits per heavy atom. The molecular weight excluding hydrogens is 218 g/mol. The molecule has 0 spiro atoms. The molecule has 1 N–H and O–H groups in total. The van der Waals surface area contributed by atoms with Crippen LogP contribution in [0.25, 0.3) is 0 Å². The number of aryl methyl sites for hydroxylation is 1. The van der Waals surface area contributed by atoms with Crippen molar-refractivity contribution in [2.24, 2.45) is 0 Å². The largest absolute Gasteiger partial charge is 0.493 e. The Hall–Kier alpha value is -1.42. The highest BCUT2D eigenvalue weighted by Crippen LogP contribution is 2.40. The Bertz CT molecular complexity index is 353. The van der Waals surface area contributed by atoms with Crippen LogP contribution in [0.5, 0.6) is 17.2 Å². The van der Waals surface area contributed by atoms with Crippen molar-refractivity contribution in [3.8, 4) is 17.2 Å². The zero-order chi connectivity index (χ0) is 12.7. The molecule has 4 nitrogen and oxygen atoms in total. The summed E-state index contributed by atoms with van der Waals surface area (Å²) in [5.74, 6) is 2.13. The Balaban J connectivity index is 2.97. The second-order valence-electron chi connectivity index (χ2n) is 3.70. The number of hydrogen-bond acceptors (Lipinski definition) is 4. The second kappa shape index (κ2) is 7.01. The summed E-state index contributed by atoms with van der Waals surface area (Å²) in [5, 5.41) is 3.13. The van der Waals surface area contributed by atoms with Gasteiger partial charge in [0.1, 0.15) is 0 Å². The van der Waals surface area contributed by atoms with E-state index in [-0.39, 0.29) is 0 Å². The predicted octanol–water partition coefficient (Wildman–Crippen LogP) is 1.86. The molecule has 0 aliphatic heterocycles. The summed E-state index contributed by atoms with van der Waals surface area (Å²) in [5.41, 5.74) is 1.14. The SMILES string of the molecule is CNCCCc1ccc(OC)c(OC)c1OC. The van der Waals surface area contributed by atoms with Gasteiger partial charge in [0.05, 0.1) is 21.3 Å². The molecule has 0 amide bonds. The van der Waals surface area contributed by atoms with Gasteiger partial charge in [0.15, 0.2) is 11.5 Å². The number of methoxy groups -OCH3 is 3. The van der Waals surface area contributed by atoms with Crippen LogP contribution in [-0.2, 0) is 6.42 Å². The minimum Gasteiger partial charge on any atom is -0.493 e. The maximum absolute atomic E-state index is 5.42. The molecule has 1 rings (SSSR count). The molecule has 0 radical (unpaired) electrons. The van der Waals surface area contributed by atoms with E-state index in [1.807, 2.05) is 19.2 Å². The molecule has 1 aromatic rings. The monoisotopic (exact) mass is 239 g/mol. The average Bonchev–Trinajstić information content (AvgIpc) is 2.38. The van der Waals surface area contributed by atoms with Crippen molar-refractivity contribution < 1.29 is 14.2 Å². The maximum Gasteiger partial charge on any atom is 0.203 e. The van der Waals surface area contributed by atoms with Crippen molar-refractivity contribution in [2.45, 2.75) is 12.8 Å². The molecule has 0 aromatic heterocycles. The van der Waals surface area contributed by atoms with E-state index in [1.165, 1.54) is 0 Å². The molecule has 0 saturated heterocycles. The summed E-state index contributed by atoms with van der Waals surface area (Å²) in [6, 6.07) is 3.94. The number of nitrogens with one attached hydrogen (secondary N) is 1. The first-order valence-corrected chi connectivity index (χ1v) is 5.70. The molecule has 4 heteroatoms. The van der Waals surface area contributed by atoms with Gasteiger partial charge in [0.25, 0.3) is 0 Å². The van der Waals surface area contributed by atoms with E-state index in [1.54, 1.807) is 21.3 Å². The van der Waals surface area contributed by atoms with E-state index in [9.17, 15) is 0 Å². The Labute approximate surface area is 103 Å². The van der Waals surface area contributed by atoms with Crippen LogP contribution in [0.1, 0.15) is 12.0 Å². The van der Waals surface area contributed by atoms with Crippen LogP contribution < -0.4 is 19.5 Å². The van der Waals surface area contributed by atoms with E-state index in [4.69, 9.17) is 14.2 Å². The van der Waals surface area contributed by atoms with Gasteiger partial charge in [-0.3, -0.25) is 0 Å². The summed E-state index contributed by atoms with van der Waals surface area (Å²) in [6.45, 7) is 0.984. The van der Waals surface area contributed by atoms with Crippen LogP contribution in [0.15, 0.2) is 12.1 Å². The molecule has 0 heterocycles. The molecule has 17 heavy (non-hydrogen) atoms. The minimum absolute atomic E-state index is 0.664. The molecule has 0 fully saturated rings. The zero-order valence-electron chi connectivity index (χ0n) is 11.0. The van der Waals surface area contributed by atoms with Crippen molar-refractivity contribution in [2.75, 3.05) is 34.9 Å². The first kappa shape index (κ1) is 13.6. The van der Waals surface area contributed by atoms with Crippen molar-refractivity contribution in [3.05, 3.63) is 17.7 Å². The third-order valence-electron chi connectivity index (χ3n) is 2.66. The molecule has 1 aromatic carbocycles. The van der Waals surface area contributed by atoms with Crippen LogP contribution in [0.2, 0.25) is 0 Å². The van der Waals surface area contributed by atoms with Crippen LogP contribution in [0.4, 0.5) is 0 Å². The van der Waals surface area contributed by atoms with Crippen LogP contribution in [0, 0.1) is 0 Å². The van der Waals surface area contributed by atoms with Crippen molar-refractivity contribution in [1.82, 2.24) is 5.32 Å². The third kappa shape index (κ3) is 3.27. The van der Waals surface area contributed by atoms with Crippen molar-refractivity contribution in [3.63, 3.8) is 0 Å². The van der Waals surface area contributed by atoms with Gasteiger partial charge < -0.3 is 19.5 Å². The van der Waals surface area contributed by atoms with E-state index < -0.39 is 0 Å². The van der Waals surface area contributed by atoms with Gasteiger partial charge in [-0.15, -0.1) is 0 Å². The van der Waals surface area contributed by atoms with E-state index in [2.05, 4.69) is 5.32 Å². The fraction of sp³-hybridized carbons (Fsp3) is 0.538. The summed E-state index contributed by atoms with van der Waals surface area (Å²) < 4.78 is 16.0. The van der Waals surface area contributed by atoms with Crippen molar-refractivity contribution >= 4 is 0 Å². The van der Waals surface area contributed by atoms with E-state index in [0.717, 1.165) is 30.7 Å². The van der Waals surface area contributed by atoms with Gasteiger partial charge in [-0.2, -0.15) is 0 Å². The highest BCUT2D eigenvalue weighted by molar-refractivity contribution is 5.55. The number of ether oxygens (including phenoxy) is 3. The Morgan fingerprint density at radius 2 is 1.71 bits per heavy atom. The lowest BCUT2D eigenvalue weighted by Gasteiger charge is -2.15. The van der Waals surface area contributed by atoms with Gasteiger partial charge in [0, 0.05) is 0 Å². The van der Waals surface area contributed by atoms with Crippen LogP contribution in [-0.4, -0.2) is 34.9 Å². The summed E-state index contributed by atoms with van der Waals surface area (Å²) >= 11 is 0. The fourth-order valence-corrected chi connectivity index (χ4v) is 1.82. The molecule has 0 unspecified atom stereocenters. The maximum atomic E-state index is 5.42. The van der Waals surface area contributed by atoms with Gasteiger partial charge in [-0.1, -0.05) is 6.07 Å². The van der Waals surface area contributed by atoms with E-state index in [0.29, 0.717) is 11.5 Å². The van der Waals surface area contributed by atoms with Crippen LogP contribution >= 0.6 is 0 Å². The highest BCUT2D eigenvalue weighted by atomic mass is 16.5. The third-order valence-corrected chi connectivity index (χ3v) is 2.66. The van der Waals surface area contributed by atoms with E-state index >= 15 is 0 Å². The average molecular weight is 239 g/mol. The number of hydrogen-bond donors (Lipinski definition) is 1. The Morgan fingerprint density at radius 1 is 1.00 bits per heavy atom. The molecule has 0 saturated carbocycles. The Kier molecular flexibility index (Phi) is 5.63. The molecule has 0 atom stereocenters. The molecule has 0 aliphatic rings. The van der Waals surface area contributed by atoms with Crippen LogP contribution in [0.3, 0.4) is 0 Å².